The van der Waals surface area contributed by atoms with Gasteiger partial charge in [0.2, 0.25) is 0 Å². The molecule has 0 spiro atoms. The second-order valence-electron chi connectivity index (χ2n) is 2.99. The Morgan fingerprint density at radius 2 is 2.25 bits per heavy atom. The highest BCUT2D eigenvalue weighted by Crippen LogP contribution is 2.30. The maximum absolute atomic E-state index is 10.5. The monoisotopic (exact) mass is 313 g/mol. The first-order valence-electron chi connectivity index (χ1n) is 4.57. The molecule has 2 nitrogen and oxygen atoms in total. The summed E-state index contributed by atoms with van der Waals surface area (Å²) in [4.78, 5) is 16.6. The van der Waals surface area contributed by atoms with Crippen LogP contribution in [0.2, 0.25) is 0 Å². The highest BCUT2D eigenvalue weighted by atomic mass is 79.9. The van der Waals surface area contributed by atoms with E-state index in [1.54, 1.807) is 18.0 Å². The van der Waals surface area contributed by atoms with Crippen LogP contribution in [0.15, 0.2) is 39.8 Å². The first-order chi connectivity index (χ1) is 7.79. The van der Waals surface area contributed by atoms with Crippen LogP contribution >= 0.6 is 39.0 Å². The molecule has 82 valence electrons. The van der Waals surface area contributed by atoms with Crippen LogP contribution in [0.1, 0.15) is 14.7 Å². The summed E-state index contributed by atoms with van der Waals surface area (Å²) in [5, 5.41) is 0.975. The minimum atomic E-state index is 0.683. The lowest BCUT2D eigenvalue weighted by Crippen LogP contribution is -1.78. The summed E-state index contributed by atoms with van der Waals surface area (Å²) in [5.74, 6) is 0.793. The van der Waals surface area contributed by atoms with E-state index in [1.165, 1.54) is 16.2 Å². The average molecular weight is 314 g/mol. The summed E-state index contributed by atoms with van der Waals surface area (Å²) in [6.45, 7) is 0. The van der Waals surface area contributed by atoms with Crippen LogP contribution in [0.3, 0.4) is 0 Å². The van der Waals surface area contributed by atoms with Crippen LogP contribution in [-0.2, 0) is 5.75 Å². The van der Waals surface area contributed by atoms with Crippen molar-refractivity contribution in [2.75, 3.05) is 0 Å². The molecule has 0 aliphatic heterocycles. The smallest absolute Gasteiger partial charge is 0.161 e. The number of aromatic nitrogens is 1. The molecule has 5 heteroatoms. The third-order valence-corrected chi connectivity index (χ3v) is 5.02. The fourth-order valence-electron chi connectivity index (χ4n) is 1.15. The van der Waals surface area contributed by atoms with Gasteiger partial charge in [0, 0.05) is 15.6 Å². The van der Waals surface area contributed by atoms with Gasteiger partial charge in [-0.25, -0.2) is 4.98 Å². The van der Waals surface area contributed by atoms with E-state index < -0.39 is 0 Å². The Hall–Kier alpha value is -0.650. The van der Waals surface area contributed by atoms with E-state index >= 15 is 0 Å². The molecule has 1 heterocycles. The second kappa shape index (κ2) is 5.61. The minimum absolute atomic E-state index is 0.683. The number of hydrogen-bond acceptors (Lipinski definition) is 4. The van der Waals surface area contributed by atoms with Crippen molar-refractivity contribution in [3.8, 4) is 0 Å². The van der Waals surface area contributed by atoms with Gasteiger partial charge in [-0.15, -0.1) is 23.1 Å². The van der Waals surface area contributed by atoms with Crippen LogP contribution in [-0.4, -0.2) is 11.3 Å². The van der Waals surface area contributed by atoms with Gasteiger partial charge in [0.05, 0.1) is 10.6 Å². The molecule has 0 amide bonds. The van der Waals surface area contributed by atoms with Gasteiger partial charge in [0.25, 0.3) is 0 Å². The van der Waals surface area contributed by atoms with Crippen molar-refractivity contribution in [1.82, 2.24) is 4.98 Å². The normalized spacial score (nSPS) is 10.3. The van der Waals surface area contributed by atoms with E-state index in [0.717, 1.165) is 21.5 Å². The van der Waals surface area contributed by atoms with Gasteiger partial charge in [0.15, 0.2) is 6.29 Å². The van der Waals surface area contributed by atoms with Gasteiger partial charge in [-0.2, -0.15) is 0 Å². The number of benzene rings is 1. The maximum atomic E-state index is 10.5. The Bertz CT molecular complexity index is 498. The highest BCUT2D eigenvalue weighted by molar-refractivity contribution is 9.10. The SMILES string of the molecule is O=Cc1cnc(CSc2ccccc2Br)s1. The summed E-state index contributed by atoms with van der Waals surface area (Å²) in [6.07, 6.45) is 2.46. The molecule has 0 unspecified atom stereocenters. The molecule has 0 bridgehead atoms. The van der Waals surface area contributed by atoms with Crippen LogP contribution in [0.4, 0.5) is 0 Å². The number of carbonyl (C=O) groups excluding carboxylic acids is 1. The molecule has 0 N–H and O–H groups in total. The van der Waals surface area contributed by atoms with Crippen molar-refractivity contribution in [2.24, 2.45) is 0 Å². The number of rotatable bonds is 4. The Balaban J connectivity index is 2.02. The van der Waals surface area contributed by atoms with Crippen LogP contribution in [0, 0.1) is 0 Å². The Kier molecular flexibility index (Phi) is 4.15. The Labute approximate surface area is 110 Å². The molecular weight excluding hydrogens is 306 g/mol. The quantitative estimate of drug-likeness (QED) is 0.631. The molecule has 0 fully saturated rings. The average Bonchev–Trinajstić information content (AvgIpc) is 2.76. The molecule has 2 rings (SSSR count). The van der Waals surface area contributed by atoms with Crippen molar-refractivity contribution >= 4 is 45.3 Å². The number of halogens is 1. The van der Waals surface area contributed by atoms with Crippen molar-refractivity contribution in [2.45, 2.75) is 10.6 Å². The lowest BCUT2D eigenvalue weighted by atomic mass is 10.4. The van der Waals surface area contributed by atoms with Gasteiger partial charge >= 0.3 is 0 Å². The lowest BCUT2D eigenvalue weighted by molar-refractivity contribution is 0.112. The second-order valence-corrected chi connectivity index (χ2v) is 6.01. The number of thioether (sulfide) groups is 1. The van der Waals surface area contributed by atoms with Gasteiger partial charge in [-0.05, 0) is 28.1 Å². The molecule has 2 aromatic rings. The Morgan fingerprint density at radius 3 is 2.94 bits per heavy atom. The first-order valence-corrected chi connectivity index (χ1v) is 7.16. The number of hydrogen-bond donors (Lipinski definition) is 0. The van der Waals surface area contributed by atoms with E-state index in [0.29, 0.717) is 4.88 Å². The summed E-state index contributed by atoms with van der Waals surface area (Å²) < 4.78 is 1.09. The number of nitrogens with zero attached hydrogens (tertiary/aromatic N) is 1. The van der Waals surface area contributed by atoms with Crippen molar-refractivity contribution in [1.29, 1.82) is 0 Å². The fraction of sp³-hybridized carbons (Fsp3) is 0.0909. The van der Waals surface area contributed by atoms with E-state index in [9.17, 15) is 4.79 Å². The van der Waals surface area contributed by atoms with Gasteiger partial charge in [0.1, 0.15) is 5.01 Å². The van der Waals surface area contributed by atoms with Crippen LogP contribution < -0.4 is 0 Å². The molecule has 0 radical (unpaired) electrons. The molecule has 16 heavy (non-hydrogen) atoms. The standard InChI is InChI=1S/C11H8BrNOS2/c12-9-3-1-2-4-10(9)15-7-11-13-5-8(6-14)16-11/h1-6H,7H2. The fourth-order valence-corrected chi connectivity index (χ4v) is 3.45. The zero-order valence-corrected chi connectivity index (χ0v) is 11.4. The topological polar surface area (TPSA) is 30.0 Å². The first kappa shape index (κ1) is 11.8. The summed E-state index contributed by atoms with van der Waals surface area (Å²) in [7, 11) is 0. The predicted octanol–water partition coefficient (Wildman–Crippen LogP) is 4.01. The summed E-state index contributed by atoms with van der Waals surface area (Å²) >= 11 is 6.65. The number of thiazole rings is 1. The molecule has 1 aromatic carbocycles. The maximum Gasteiger partial charge on any atom is 0.161 e. The summed E-state index contributed by atoms with van der Waals surface area (Å²) in [5.41, 5.74) is 0. The zero-order valence-electron chi connectivity index (χ0n) is 8.22. The van der Waals surface area contributed by atoms with E-state index in [-0.39, 0.29) is 0 Å². The number of aldehydes is 1. The van der Waals surface area contributed by atoms with Crippen molar-refractivity contribution < 1.29 is 4.79 Å². The molecule has 0 saturated carbocycles. The third-order valence-electron chi connectivity index (χ3n) is 1.88. The highest BCUT2D eigenvalue weighted by Gasteiger charge is 2.04. The van der Waals surface area contributed by atoms with Gasteiger partial charge < -0.3 is 0 Å². The van der Waals surface area contributed by atoms with E-state index in [2.05, 4.69) is 27.0 Å². The van der Waals surface area contributed by atoms with Crippen LogP contribution in [0.25, 0.3) is 0 Å². The lowest BCUT2D eigenvalue weighted by Gasteiger charge is -2.01. The third kappa shape index (κ3) is 2.93. The van der Waals surface area contributed by atoms with Gasteiger partial charge in [-0.1, -0.05) is 12.1 Å². The molecule has 0 saturated heterocycles. The minimum Gasteiger partial charge on any atom is -0.297 e. The van der Waals surface area contributed by atoms with Gasteiger partial charge in [-0.3, -0.25) is 4.79 Å². The van der Waals surface area contributed by atoms with E-state index in [1.807, 2.05) is 18.2 Å². The predicted molar refractivity (Wildman–Crippen MR) is 71.2 cm³/mol. The molecule has 1 aromatic heterocycles. The molecule has 0 aliphatic carbocycles. The van der Waals surface area contributed by atoms with E-state index in [4.69, 9.17) is 0 Å². The molecular formula is C11H8BrNOS2. The van der Waals surface area contributed by atoms with Crippen molar-refractivity contribution in [3.63, 3.8) is 0 Å². The Morgan fingerprint density at radius 1 is 1.44 bits per heavy atom. The number of carbonyl (C=O) groups is 1. The molecule has 0 atom stereocenters. The zero-order chi connectivity index (χ0) is 11.4. The largest absolute Gasteiger partial charge is 0.297 e. The van der Waals surface area contributed by atoms with Crippen LogP contribution in [0.5, 0.6) is 0 Å². The molecule has 0 aliphatic rings. The summed E-state index contributed by atoms with van der Waals surface area (Å²) in [6, 6.07) is 8.07. The van der Waals surface area contributed by atoms with Crippen molar-refractivity contribution in [3.05, 3.63) is 44.8 Å².